The first-order valence-corrected chi connectivity index (χ1v) is 15.3. The Morgan fingerprint density at radius 3 is 2.19 bits per heavy atom. The van der Waals surface area contributed by atoms with Crippen LogP contribution in [0, 0.1) is 12.3 Å². The maximum absolute atomic E-state index is 13.2. The summed E-state index contributed by atoms with van der Waals surface area (Å²) in [6, 6.07) is 16.2. The predicted octanol–water partition coefficient (Wildman–Crippen LogP) is 3.43. The number of carbonyl (C=O) groups excluding carboxylic acids is 1. The molecule has 1 amide bonds. The highest BCUT2D eigenvalue weighted by Gasteiger charge is 2.24. The highest BCUT2D eigenvalue weighted by Crippen LogP contribution is 2.42. The van der Waals surface area contributed by atoms with Gasteiger partial charge in [-0.05, 0) is 42.0 Å². The van der Waals surface area contributed by atoms with Gasteiger partial charge in [0.05, 0.1) is 57.9 Å². The number of fused-ring (bicyclic) bond motifs is 2. The molecule has 1 aliphatic heterocycles. The molecule has 0 saturated carbocycles. The Kier molecular flexibility index (Phi) is 12.9. The Balaban J connectivity index is 1.47. The summed E-state index contributed by atoms with van der Waals surface area (Å²) in [6.45, 7) is 3.34. The minimum atomic E-state index is -1.10. The largest absolute Gasteiger partial charge is 0.478 e. The van der Waals surface area contributed by atoms with Crippen molar-refractivity contribution in [3.05, 3.63) is 71.1 Å². The maximum atomic E-state index is 13.2. The Morgan fingerprint density at radius 1 is 0.872 bits per heavy atom. The van der Waals surface area contributed by atoms with E-state index in [2.05, 4.69) is 11.2 Å². The van der Waals surface area contributed by atoms with Crippen molar-refractivity contribution in [1.29, 1.82) is 0 Å². The van der Waals surface area contributed by atoms with Crippen molar-refractivity contribution in [2.45, 2.75) is 0 Å². The number of rotatable bonds is 17. The Labute approximate surface area is 274 Å². The number of ether oxygens (including phenoxy) is 4. The molecule has 0 unspecified atom stereocenters. The van der Waals surface area contributed by atoms with Crippen molar-refractivity contribution >= 4 is 28.5 Å². The first kappa shape index (κ1) is 35.1. The molecule has 0 spiro atoms. The van der Waals surface area contributed by atoms with E-state index in [1.54, 1.807) is 6.07 Å². The van der Waals surface area contributed by atoms with Gasteiger partial charge in [0.2, 0.25) is 5.36 Å². The second-order valence-corrected chi connectivity index (χ2v) is 11.0. The van der Waals surface area contributed by atoms with Gasteiger partial charge < -0.3 is 38.7 Å². The fraction of sp³-hybridized carbons (Fsp3) is 0.361. The lowest BCUT2D eigenvalue weighted by atomic mass is 9.89. The summed E-state index contributed by atoms with van der Waals surface area (Å²) in [5.41, 5.74) is 3.77. The monoisotopic (exact) mass is 644 g/mol. The molecule has 1 aliphatic carbocycles. The van der Waals surface area contributed by atoms with Crippen molar-refractivity contribution in [2.24, 2.45) is 0 Å². The molecule has 1 heterocycles. The van der Waals surface area contributed by atoms with Crippen LogP contribution in [0.25, 0.3) is 33.4 Å². The molecule has 0 fully saturated rings. The summed E-state index contributed by atoms with van der Waals surface area (Å²) < 4.78 is 29.9. The molecule has 2 aromatic carbocycles. The van der Waals surface area contributed by atoms with Gasteiger partial charge in [-0.15, -0.1) is 6.42 Å². The summed E-state index contributed by atoms with van der Waals surface area (Å²) in [4.78, 5) is 27.6. The van der Waals surface area contributed by atoms with Crippen LogP contribution in [0.5, 0.6) is 0 Å². The minimum absolute atomic E-state index is 0.0784. The van der Waals surface area contributed by atoms with Crippen LogP contribution in [-0.4, -0.2) is 105 Å². The zero-order chi connectivity index (χ0) is 33.8. The molecule has 4 rings (SSSR count). The average molecular weight is 645 g/mol. The fourth-order valence-electron chi connectivity index (χ4n) is 4.92. The molecule has 0 saturated heterocycles. The molecule has 2 aromatic rings. The highest BCUT2D eigenvalue weighted by molar-refractivity contribution is 6.09. The van der Waals surface area contributed by atoms with Gasteiger partial charge in [-0.25, -0.2) is 9.37 Å². The highest BCUT2D eigenvalue weighted by atomic mass is 16.6. The zero-order valence-electron chi connectivity index (χ0n) is 27.3. The summed E-state index contributed by atoms with van der Waals surface area (Å²) >= 11 is 0. The molecule has 0 radical (unpaired) electrons. The number of nitrogens with one attached hydrogen (secondary N) is 1. The van der Waals surface area contributed by atoms with E-state index in [1.807, 2.05) is 74.1 Å². The van der Waals surface area contributed by atoms with Gasteiger partial charge in [0, 0.05) is 60.5 Å². The van der Waals surface area contributed by atoms with E-state index in [4.69, 9.17) is 29.8 Å². The molecule has 0 bridgehead atoms. The first-order valence-electron chi connectivity index (χ1n) is 15.3. The second-order valence-electron chi connectivity index (χ2n) is 11.0. The predicted molar refractivity (Wildman–Crippen MR) is 181 cm³/mol. The van der Waals surface area contributed by atoms with E-state index in [0.29, 0.717) is 67.7 Å². The summed E-state index contributed by atoms with van der Waals surface area (Å²) in [7, 11) is 7.76. The van der Waals surface area contributed by atoms with E-state index in [9.17, 15) is 14.7 Å². The molecule has 0 aromatic heterocycles. The van der Waals surface area contributed by atoms with Gasteiger partial charge in [0.1, 0.15) is 32.0 Å². The van der Waals surface area contributed by atoms with Crippen LogP contribution >= 0.6 is 0 Å². The van der Waals surface area contributed by atoms with Gasteiger partial charge in [0.15, 0.2) is 0 Å². The lowest BCUT2D eigenvalue weighted by Gasteiger charge is -2.19. The maximum Gasteiger partial charge on any atom is 0.336 e. The van der Waals surface area contributed by atoms with E-state index in [-0.39, 0.29) is 31.2 Å². The third kappa shape index (κ3) is 9.40. The van der Waals surface area contributed by atoms with Crippen LogP contribution < -0.4 is 20.1 Å². The van der Waals surface area contributed by atoms with Crippen molar-refractivity contribution in [3.8, 4) is 34.8 Å². The number of terminal acetylenes is 1. The smallest absolute Gasteiger partial charge is 0.336 e. The van der Waals surface area contributed by atoms with E-state index < -0.39 is 5.97 Å². The minimum Gasteiger partial charge on any atom is -0.478 e. The van der Waals surface area contributed by atoms with Crippen LogP contribution in [0.3, 0.4) is 0 Å². The number of nitrogens with zero attached hydrogens (tertiary/aromatic N) is 2. The molecular formula is C36H42N3O8+. The Hall–Kier alpha value is -4.73. The van der Waals surface area contributed by atoms with Crippen LogP contribution in [0.15, 0.2) is 59.0 Å². The SMILES string of the molecule is C#CCOCCOCCOCCOCCNC(=O)c1ccc(C(=O)O)c(-c2c3ccc(=[N+](C)C)cc-3oc3cc(N(C)C)ccc23)c1. The fourth-order valence-corrected chi connectivity index (χ4v) is 4.92. The molecule has 11 heteroatoms. The van der Waals surface area contributed by atoms with Gasteiger partial charge in [-0.2, -0.15) is 0 Å². The third-order valence-electron chi connectivity index (χ3n) is 7.34. The van der Waals surface area contributed by atoms with Crippen molar-refractivity contribution in [2.75, 3.05) is 92.5 Å². The molecule has 0 atom stereocenters. The quantitative estimate of drug-likeness (QED) is 0.0771. The van der Waals surface area contributed by atoms with Crippen molar-refractivity contribution in [3.63, 3.8) is 0 Å². The Morgan fingerprint density at radius 2 is 1.55 bits per heavy atom. The zero-order valence-corrected chi connectivity index (χ0v) is 27.3. The van der Waals surface area contributed by atoms with Crippen LogP contribution in [0.4, 0.5) is 5.69 Å². The molecule has 2 aliphatic rings. The van der Waals surface area contributed by atoms with Gasteiger partial charge in [-0.1, -0.05) is 5.92 Å². The summed E-state index contributed by atoms with van der Waals surface area (Å²) in [5.74, 6) is 1.55. The lowest BCUT2D eigenvalue weighted by Crippen LogP contribution is -2.27. The lowest BCUT2D eigenvalue weighted by molar-refractivity contribution is 0.00176. The van der Waals surface area contributed by atoms with Crippen LogP contribution in [0.2, 0.25) is 0 Å². The van der Waals surface area contributed by atoms with Crippen LogP contribution in [-0.2, 0) is 18.9 Å². The number of anilines is 1. The third-order valence-corrected chi connectivity index (χ3v) is 7.34. The van der Waals surface area contributed by atoms with Crippen molar-refractivity contribution in [1.82, 2.24) is 9.89 Å². The van der Waals surface area contributed by atoms with Crippen molar-refractivity contribution < 1.29 is 38.1 Å². The Bertz CT molecular complexity index is 1770. The number of hydrogen-bond acceptors (Lipinski definition) is 8. The number of carbonyl (C=O) groups is 2. The number of carboxylic acids is 1. The average Bonchev–Trinajstić information content (AvgIpc) is 3.06. The standard InChI is InChI=1S/C36H41N3O8/c1-6-14-43-16-18-45-20-21-46-19-17-44-15-13-37-35(40)25-7-10-28(36(41)42)31(22-25)34-29-11-8-26(38(2)3)23-32(29)47-33-24-27(39(4)5)9-12-30(33)34/h1,7-12,22-24H,13-21H2,2-5H3,(H-,37,40,41,42)/p+1. The van der Waals surface area contributed by atoms with Crippen LogP contribution in [0.1, 0.15) is 20.7 Å². The van der Waals surface area contributed by atoms with Gasteiger partial charge in [0.25, 0.3) is 5.91 Å². The normalized spacial score (nSPS) is 11.0. The van der Waals surface area contributed by atoms with E-state index in [1.165, 1.54) is 12.1 Å². The van der Waals surface area contributed by atoms with Gasteiger partial charge in [-0.3, -0.25) is 4.79 Å². The number of benzene rings is 3. The second kappa shape index (κ2) is 17.3. The van der Waals surface area contributed by atoms with E-state index in [0.717, 1.165) is 22.0 Å². The molecule has 11 nitrogen and oxygen atoms in total. The summed E-state index contributed by atoms with van der Waals surface area (Å²) in [5, 5.41) is 14.7. The molecule has 47 heavy (non-hydrogen) atoms. The molecule has 2 N–H and O–H groups in total. The molecular weight excluding hydrogens is 602 g/mol. The number of carboxylic acid groups (broad SMARTS) is 1. The number of aromatic carboxylic acids is 1. The summed E-state index contributed by atoms with van der Waals surface area (Å²) in [6.07, 6.45) is 5.11. The topological polar surface area (TPSA) is 123 Å². The molecule has 248 valence electrons. The van der Waals surface area contributed by atoms with Gasteiger partial charge >= 0.3 is 5.97 Å². The number of amides is 1. The van der Waals surface area contributed by atoms with E-state index >= 15 is 0 Å². The first-order chi connectivity index (χ1) is 22.7. The number of hydrogen-bond donors (Lipinski definition) is 2.